The van der Waals surface area contributed by atoms with Gasteiger partial charge in [-0.05, 0) is 30.9 Å². The van der Waals surface area contributed by atoms with E-state index < -0.39 is 12.1 Å². The third-order valence-corrected chi connectivity index (χ3v) is 3.21. The molecule has 112 valence electrons. The van der Waals surface area contributed by atoms with E-state index in [0.29, 0.717) is 13.0 Å². The van der Waals surface area contributed by atoms with Gasteiger partial charge >= 0.3 is 6.03 Å². The van der Waals surface area contributed by atoms with Crippen LogP contribution in [0.15, 0.2) is 24.5 Å². The molecule has 4 amide bonds. The van der Waals surface area contributed by atoms with Gasteiger partial charge in [0.05, 0.1) is 0 Å². The second-order valence-electron chi connectivity index (χ2n) is 4.87. The number of amides is 4. The summed E-state index contributed by atoms with van der Waals surface area (Å²) >= 11 is 0. The summed E-state index contributed by atoms with van der Waals surface area (Å²) in [6, 6.07) is 2.78. The maximum Gasteiger partial charge on any atom is 0.322 e. The van der Waals surface area contributed by atoms with Gasteiger partial charge in [0.2, 0.25) is 5.91 Å². The first-order valence-electron chi connectivity index (χ1n) is 6.92. The monoisotopic (exact) mass is 290 g/mol. The fraction of sp³-hybridized carbons (Fsp3) is 0.429. The maximum atomic E-state index is 11.6. The van der Waals surface area contributed by atoms with E-state index in [2.05, 4.69) is 20.9 Å². The fourth-order valence-electron chi connectivity index (χ4n) is 2.09. The van der Waals surface area contributed by atoms with Gasteiger partial charge in [-0.25, -0.2) is 4.79 Å². The molecular formula is C14H18N4O3. The minimum Gasteiger partial charge on any atom is -0.356 e. The highest BCUT2D eigenvalue weighted by Crippen LogP contribution is 2.03. The van der Waals surface area contributed by atoms with Crippen molar-refractivity contribution in [2.75, 3.05) is 6.54 Å². The van der Waals surface area contributed by atoms with E-state index in [1.54, 1.807) is 6.20 Å². The average Bonchev–Trinajstić information content (AvgIpc) is 2.80. The molecule has 3 N–H and O–H groups in total. The molecule has 0 unspecified atom stereocenters. The summed E-state index contributed by atoms with van der Waals surface area (Å²) < 4.78 is 0. The number of imide groups is 1. The Labute approximate surface area is 122 Å². The van der Waals surface area contributed by atoms with Crippen LogP contribution in [-0.4, -0.2) is 35.4 Å². The van der Waals surface area contributed by atoms with Crippen molar-refractivity contribution < 1.29 is 14.4 Å². The van der Waals surface area contributed by atoms with Crippen LogP contribution in [0.2, 0.25) is 0 Å². The minimum atomic E-state index is -0.598. The van der Waals surface area contributed by atoms with Crippen LogP contribution in [0.4, 0.5) is 4.79 Å². The molecule has 7 heteroatoms. The zero-order valence-electron chi connectivity index (χ0n) is 11.6. The number of carbonyl (C=O) groups is 3. The van der Waals surface area contributed by atoms with E-state index >= 15 is 0 Å². The summed E-state index contributed by atoms with van der Waals surface area (Å²) in [4.78, 5) is 37.8. The van der Waals surface area contributed by atoms with Gasteiger partial charge in [0, 0.05) is 25.4 Å². The highest BCUT2D eigenvalue weighted by atomic mass is 16.2. The molecule has 7 nitrogen and oxygen atoms in total. The normalized spacial score (nSPS) is 17.2. The summed E-state index contributed by atoms with van der Waals surface area (Å²) in [6.45, 7) is 0.580. The number of hydrogen-bond donors (Lipinski definition) is 3. The molecule has 0 aromatic carbocycles. The number of aryl methyl sites for hydroxylation is 1. The quantitative estimate of drug-likeness (QED) is 0.490. The number of hydrogen-bond acceptors (Lipinski definition) is 4. The molecule has 1 aromatic heterocycles. The molecule has 2 heterocycles. The van der Waals surface area contributed by atoms with E-state index in [9.17, 15) is 14.4 Å². The van der Waals surface area contributed by atoms with Gasteiger partial charge in [-0.1, -0.05) is 6.07 Å². The summed E-state index contributed by atoms with van der Waals surface area (Å²) in [6.07, 6.45) is 5.75. The molecule has 0 saturated carbocycles. The molecule has 21 heavy (non-hydrogen) atoms. The van der Waals surface area contributed by atoms with E-state index in [4.69, 9.17) is 0 Å². The van der Waals surface area contributed by atoms with Crippen molar-refractivity contribution in [2.24, 2.45) is 0 Å². The Morgan fingerprint density at radius 3 is 2.90 bits per heavy atom. The first-order valence-corrected chi connectivity index (χ1v) is 6.92. The van der Waals surface area contributed by atoms with Gasteiger partial charge in [-0.3, -0.25) is 19.9 Å². The van der Waals surface area contributed by atoms with Crippen LogP contribution in [0, 0.1) is 0 Å². The predicted molar refractivity (Wildman–Crippen MR) is 75.3 cm³/mol. The van der Waals surface area contributed by atoms with Gasteiger partial charge in [0.15, 0.2) is 0 Å². The third kappa shape index (κ3) is 4.87. The molecule has 1 saturated heterocycles. The number of carbonyl (C=O) groups excluding carboxylic acids is 3. The smallest absolute Gasteiger partial charge is 0.322 e. The van der Waals surface area contributed by atoms with Crippen molar-refractivity contribution in [1.29, 1.82) is 0 Å². The Morgan fingerprint density at radius 1 is 1.38 bits per heavy atom. The van der Waals surface area contributed by atoms with Crippen molar-refractivity contribution in [3.63, 3.8) is 0 Å². The Balaban J connectivity index is 1.58. The average molecular weight is 290 g/mol. The summed E-state index contributed by atoms with van der Waals surface area (Å²) in [5.41, 5.74) is 1.14. The lowest BCUT2D eigenvalue weighted by Crippen LogP contribution is -2.32. The number of pyridine rings is 1. The van der Waals surface area contributed by atoms with Crippen LogP contribution in [-0.2, 0) is 16.0 Å². The summed E-state index contributed by atoms with van der Waals surface area (Å²) in [5, 5.41) is 7.39. The first kappa shape index (κ1) is 15.0. The van der Waals surface area contributed by atoms with Gasteiger partial charge in [-0.2, -0.15) is 0 Å². The molecular weight excluding hydrogens is 272 g/mol. The Morgan fingerprint density at radius 2 is 2.24 bits per heavy atom. The lowest BCUT2D eigenvalue weighted by Gasteiger charge is -2.08. The molecule has 2 rings (SSSR count). The van der Waals surface area contributed by atoms with Gasteiger partial charge in [0.1, 0.15) is 6.04 Å². The number of nitrogens with zero attached hydrogens (tertiary/aromatic N) is 1. The van der Waals surface area contributed by atoms with E-state index in [1.165, 1.54) is 0 Å². The van der Waals surface area contributed by atoms with Crippen LogP contribution in [0.5, 0.6) is 0 Å². The minimum absolute atomic E-state index is 0.116. The molecule has 0 bridgehead atoms. The van der Waals surface area contributed by atoms with Crippen LogP contribution < -0.4 is 16.0 Å². The van der Waals surface area contributed by atoms with Crippen molar-refractivity contribution in [1.82, 2.24) is 20.9 Å². The highest BCUT2D eigenvalue weighted by Gasteiger charge is 2.29. The molecule has 1 aliphatic heterocycles. The molecule has 0 spiro atoms. The second kappa shape index (κ2) is 7.37. The van der Waals surface area contributed by atoms with E-state index in [1.807, 2.05) is 18.3 Å². The van der Waals surface area contributed by atoms with Crippen molar-refractivity contribution in [3.05, 3.63) is 30.1 Å². The van der Waals surface area contributed by atoms with Crippen molar-refractivity contribution in [3.8, 4) is 0 Å². The molecule has 0 aliphatic carbocycles. The number of nitrogens with one attached hydrogen (secondary N) is 3. The van der Waals surface area contributed by atoms with E-state index in [0.717, 1.165) is 18.4 Å². The van der Waals surface area contributed by atoms with Crippen molar-refractivity contribution in [2.45, 2.75) is 31.7 Å². The van der Waals surface area contributed by atoms with Crippen LogP contribution in [0.25, 0.3) is 0 Å². The number of urea groups is 1. The molecule has 1 aromatic rings. The largest absolute Gasteiger partial charge is 0.356 e. The highest BCUT2D eigenvalue weighted by molar-refractivity contribution is 6.04. The zero-order valence-corrected chi connectivity index (χ0v) is 11.6. The molecule has 1 aliphatic rings. The molecule has 1 fully saturated rings. The Kier molecular flexibility index (Phi) is 5.25. The summed E-state index contributed by atoms with van der Waals surface area (Å²) in [7, 11) is 0. The zero-order chi connectivity index (χ0) is 15.1. The van der Waals surface area contributed by atoms with E-state index in [-0.39, 0.29) is 18.2 Å². The second-order valence-corrected chi connectivity index (χ2v) is 4.87. The fourth-order valence-corrected chi connectivity index (χ4v) is 2.09. The lowest BCUT2D eigenvalue weighted by molar-refractivity contribution is -0.122. The van der Waals surface area contributed by atoms with Gasteiger partial charge in [-0.15, -0.1) is 0 Å². The summed E-state index contributed by atoms with van der Waals surface area (Å²) in [5.74, 6) is -0.487. The Hall–Kier alpha value is -2.44. The van der Waals surface area contributed by atoms with Crippen LogP contribution in [0.1, 0.15) is 24.8 Å². The predicted octanol–water partition coefficient (Wildman–Crippen LogP) is 0.119. The third-order valence-electron chi connectivity index (χ3n) is 3.21. The van der Waals surface area contributed by atoms with Crippen molar-refractivity contribution >= 4 is 17.8 Å². The first-order chi connectivity index (χ1) is 10.1. The van der Waals surface area contributed by atoms with Crippen LogP contribution in [0.3, 0.4) is 0 Å². The van der Waals surface area contributed by atoms with Crippen LogP contribution >= 0.6 is 0 Å². The lowest BCUT2D eigenvalue weighted by atomic mass is 10.1. The molecule has 0 radical (unpaired) electrons. The molecule has 1 atom stereocenters. The Bertz CT molecular complexity index is 518. The van der Waals surface area contributed by atoms with Gasteiger partial charge < -0.3 is 10.6 Å². The van der Waals surface area contributed by atoms with Gasteiger partial charge in [0.25, 0.3) is 5.91 Å². The standard InChI is InChI=1S/C14H18N4O3/c19-12(6-5-11-13(20)18-14(21)17-11)16-8-2-4-10-3-1-7-15-9-10/h1,3,7,9,11H,2,4-6,8H2,(H,16,19)(H2,17,18,20,21)/t11-/m0/s1. The SMILES string of the molecule is O=C(CC[C@@H]1NC(=O)NC1=O)NCCCc1cccnc1. The topological polar surface area (TPSA) is 100 Å². The maximum absolute atomic E-state index is 11.6. The number of rotatable bonds is 7. The number of aromatic nitrogens is 1.